The Morgan fingerprint density at radius 1 is 0.897 bits per heavy atom. The fourth-order valence-corrected chi connectivity index (χ4v) is 6.05. The van der Waals surface area contributed by atoms with Crippen LogP contribution in [0.25, 0.3) is 5.69 Å². The van der Waals surface area contributed by atoms with Crippen LogP contribution in [0.4, 0.5) is 0 Å². The number of nitrogens with zero attached hydrogens (tertiary/aromatic N) is 3. The predicted molar refractivity (Wildman–Crippen MR) is 156 cm³/mol. The molecule has 0 atom stereocenters. The maximum Gasteiger partial charge on any atom is 0.255 e. The smallest absolute Gasteiger partial charge is 0.255 e. The number of aryl methyl sites for hydroxylation is 4. The van der Waals surface area contributed by atoms with Crippen LogP contribution < -0.4 is 5.43 Å². The number of amides is 1. The second-order valence-corrected chi connectivity index (χ2v) is 11.7. The van der Waals surface area contributed by atoms with Gasteiger partial charge < -0.3 is 4.57 Å². The molecular weight excluding hydrogens is 508 g/mol. The number of hydrogen-bond acceptors (Lipinski definition) is 4. The number of carbonyl (C=O) groups excluding carboxylic acids is 1. The molecule has 3 aromatic carbocycles. The Hall–Kier alpha value is -4.01. The van der Waals surface area contributed by atoms with Gasteiger partial charge in [-0.05, 0) is 69.5 Å². The summed E-state index contributed by atoms with van der Waals surface area (Å²) in [5.41, 5.74) is 10.6. The molecule has 39 heavy (non-hydrogen) atoms. The Kier molecular flexibility index (Phi) is 8.47. The lowest BCUT2D eigenvalue weighted by Crippen LogP contribution is -2.39. The van der Waals surface area contributed by atoms with E-state index in [-0.39, 0.29) is 18.0 Å². The third-order valence-electron chi connectivity index (χ3n) is 6.71. The van der Waals surface area contributed by atoms with Crippen LogP contribution in [0.2, 0.25) is 0 Å². The van der Waals surface area contributed by atoms with Crippen molar-refractivity contribution in [1.29, 1.82) is 0 Å². The molecule has 202 valence electrons. The number of hydrogen-bond donors (Lipinski definition) is 1. The highest BCUT2D eigenvalue weighted by molar-refractivity contribution is 7.89. The van der Waals surface area contributed by atoms with E-state index in [0.717, 1.165) is 33.8 Å². The molecule has 8 heteroatoms. The number of carbonyl (C=O) groups is 1. The Morgan fingerprint density at radius 3 is 2.18 bits per heavy atom. The third kappa shape index (κ3) is 6.35. The lowest BCUT2D eigenvalue weighted by atomic mass is 10.1. The van der Waals surface area contributed by atoms with Crippen molar-refractivity contribution in [3.05, 3.63) is 118 Å². The summed E-state index contributed by atoms with van der Waals surface area (Å²) in [6.45, 7) is 9.80. The second-order valence-electron chi connectivity index (χ2n) is 9.77. The molecule has 0 fully saturated rings. The zero-order chi connectivity index (χ0) is 28.2. The molecule has 1 heterocycles. The average molecular weight is 543 g/mol. The van der Waals surface area contributed by atoms with Crippen LogP contribution in [0.1, 0.15) is 39.2 Å². The summed E-state index contributed by atoms with van der Waals surface area (Å²) in [5.74, 6) is -0.526. The largest absolute Gasteiger partial charge is 0.317 e. The van der Waals surface area contributed by atoms with Gasteiger partial charge in [-0.3, -0.25) is 4.79 Å². The maximum atomic E-state index is 13.5. The number of benzene rings is 3. The topological polar surface area (TPSA) is 83.8 Å². The molecule has 1 amide bonds. The predicted octanol–water partition coefficient (Wildman–Crippen LogP) is 5.36. The molecule has 4 rings (SSSR count). The van der Waals surface area contributed by atoms with Crippen LogP contribution in [0.3, 0.4) is 0 Å². The molecule has 0 aliphatic heterocycles. The zero-order valence-corrected chi connectivity index (χ0v) is 23.8. The van der Waals surface area contributed by atoms with Gasteiger partial charge in [-0.25, -0.2) is 13.8 Å². The maximum absolute atomic E-state index is 13.5. The van der Waals surface area contributed by atoms with E-state index in [9.17, 15) is 13.2 Å². The second kappa shape index (κ2) is 11.8. The van der Waals surface area contributed by atoms with Gasteiger partial charge in [-0.15, -0.1) is 0 Å². The van der Waals surface area contributed by atoms with Crippen molar-refractivity contribution < 1.29 is 13.2 Å². The molecule has 0 spiro atoms. The number of rotatable bonds is 9. The van der Waals surface area contributed by atoms with Crippen molar-refractivity contribution in [2.24, 2.45) is 5.10 Å². The molecule has 0 radical (unpaired) electrons. The van der Waals surface area contributed by atoms with Crippen molar-refractivity contribution >= 4 is 22.1 Å². The highest BCUT2D eigenvalue weighted by Crippen LogP contribution is 2.25. The van der Waals surface area contributed by atoms with E-state index in [4.69, 9.17) is 0 Å². The number of aromatic nitrogens is 1. The van der Waals surface area contributed by atoms with E-state index in [2.05, 4.69) is 41.1 Å². The first-order valence-corrected chi connectivity index (χ1v) is 14.2. The molecule has 0 unspecified atom stereocenters. The van der Waals surface area contributed by atoms with Crippen LogP contribution in [-0.2, 0) is 21.4 Å². The SMILES string of the molecule is Cc1ccc(S(=O)(=O)N(CC(=O)N/N=C/c2cc(C)n(-c3c(C)cccc3C)c2C)Cc2ccccc2)cc1. The Balaban J connectivity index is 1.53. The summed E-state index contributed by atoms with van der Waals surface area (Å²) in [7, 11) is -3.92. The van der Waals surface area contributed by atoms with E-state index < -0.39 is 15.9 Å². The van der Waals surface area contributed by atoms with Gasteiger partial charge in [0.1, 0.15) is 0 Å². The van der Waals surface area contributed by atoms with Crippen LogP contribution in [0.15, 0.2) is 88.9 Å². The lowest BCUT2D eigenvalue weighted by molar-refractivity contribution is -0.121. The van der Waals surface area contributed by atoms with Gasteiger partial charge in [0.15, 0.2) is 0 Å². The van der Waals surface area contributed by atoms with Gasteiger partial charge in [0.05, 0.1) is 23.3 Å². The number of sulfonamides is 1. The van der Waals surface area contributed by atoms with E-state index in [1.54, 1.807) is 30.5 Å². The quantitative estimate of drug-likeness (QED) is 0.228. The highest BCUT2D eigenvalue weighted by Gasteiger charge is 2.27. The molecule has 0 saturated carbocycles. The number of hydrazone groups is 1. The van der Waals surface area contributed by atoms with Gasteiger partial charge >= 0.3 is 0 Å². The molecule has 7 nitrogen and oxygen atoms in total. The molecule has 1 N–H and O–H groups in total. The summed E-state index contributed by atoms with van der Waals surface area (Å²) in [5, 5.41) is 4.16. The molecule has 0 aliphatic carbocycles. The fraction of sp³-hybridized carbons (Fsp3) is 0.226. The van der Waals surface area contributed by atoms with Crippen molar-refractivity contribution in [3.63, 3.8) is 0 Å². The average Bonchev–Trinajstić information content (AvgIpc) is 3.17. The minimum Gasteiger partial charge on any atom is -0.317 e. The number of nitrogens with one attached hydrogen (secondary N) is 1. The summed E-state index contributed by atoms with van der Waals surface area (Å²) < 4.78 is 30.3. The van der Waals surface area contributed by atoms with Gasteiger partial charge in [-0.2, -0.15) is 9.41 Å². The van der Waals surface area contributed by atoms with Gasteiger partial charge in [-0.1, -0.05) is 66.2 Å². The molecular formula is C31H34N4O3S. The van der Waals surface area contributed by atoms with Crippen molar-refractivity contribution in [2.45, 2.75) is 46.1 Å². The molecule has 0 saturated heterocycles. The Morgan fingerprint density at radius 2 is 1.54 bits per heavy atom. The van der Waals surface area contributed by atoms with Crippen molar-refractivity contribution in [1.82, 2.24) is 14.3 Å². The van der Waals surface area contributed by atoms with Crippen LogP contribution >= 0.6 is 0 Å². The lowest BCUT2D eigenvalue weighted by Gasteiger charge is -2.21. The van der Waals surface area contributed by atoms with Crippen molar-refractivity contribution in [2.75, 3.05) is 6.54 Å². The molecule has 0 aliphatic rings. The molecule has 0 bridgehead atoms. The minimum atomic E-state index is -3.92. The fourth-order valence-electron chi connectivity index (χ4n) is 4.66. The highest BCUT2D eigenvalue weighted by atomic mass is 32.2. The Bertz CT molecular complexity index is 1590. The first-order valence-electron chi connectivity index (χ1n) is 12.8. The first kappa shape index (κ1) is 28.0. The van der Waals surface area contributed by atoms with Gasteiger partial charge in [0, 0.05) is 23.5 Å². The van der Waals surface area contributed by atoms with E-state index in [1.807, 2.05) is 63.2 Å². The summed E-state index contributed by atoms with van der Waals surface area (Å²) in [6.07, 6.45) is 1.60. The normalized spacial score (nSPS) is 11.8. The number of para-hydroxylation sites is 1. The summed E-state index contributed by atoms with van der Waals surface area (Å²) in [4.78, 5) is 13.0. The molecule has 1 aromatic heterocycles. The van der Waals surface area contributed by atoms with E-state index in [1.165, 1.54) is 15.4 Å². The standard InChI is InChI=1S/C31H34N4O3S/c1-22-14-16-29(17-15-22)39(37,38)34(20-27-12-7-6-8-13-27)21-30(36)33-32-19-28-18-25(4)35(26(28)5)31-23(2)10-9-11-24(31)3/h6-19H,20-21H2,1-5H3,(H,33,36)/b32-19+. The first-order chi connectivity index (χ1) is 18.6. The summed E-state index contributed by atoms with van der Waals surface area (Å²) in [6, 6.07) is 24.0. The molecule has 4 aromatic rings. The van der Waals surface area contributed by atoms with Crippen LogP contribution in [0.5, 0.6) is 0 Å². The zero-order valence-electron chi connectivity index (χ0n) is 23.0. The van der Waals surface area contributed by atoms with Gasteiger partial charge in [0.25, 0.3) is 5.91 Å². The van der Waals surface area contributed by atoms with Crippen molar-refractivity contribution in [3.8, 4) is 5.69 Å². The third-order valence-corrected chi connectivity index (χ3v) is 8.51. The summed E-state index contributed by atoms with van der Waals surface area (Å²) >= 11 is 0. The van der Waals surface area contributed by atoms with Gasteiger partial charge in [0.2, 0.25) is 10.0 Å². The Labute approximate surface area is 230 Å². The van der Waals surface area contributed by atoms with Crippen LogP contribution in [0, 0.1) is 34.6 Å². The van der Waals surface area contributed by atoms with Crippen LogP contribution in [-0.4, -0.2) is 36.0 Å². The minimum absolute atomic E-state index is 0.0606. The van der Waals surface area contributed by atoms with E-state index >= 15 is 0 Å². The van der Waals surface area contributed by atoms with E-state index in [0.29, 0.717) is 0 Å². The monoisotopic (exact) mass is 542 g/mol.